The largest absolute Gasteiger partial charge is 0.481 e. The van der Waals surface area contributed by atoms with Crippen LogP contribution in [0.5, 0.6) is 0 Å². The van der Waals surface area contributed by atoms with E-state index in [1.54, 1.807) is 6.92 Å². The van der Waals surface area contributed by atoms with Crippen molar-refractivity contribution in [2.75, 3.05) is 6.54 Å². The Morgan fingerprint density at radius 1 is 1.60 bits per heavy atom. The van der Waals surface area contributed by atoms with E-state index in [1.807, 2.05) is 0 Å². The highest BCUT2D eigenvalue weighted by atomic mass is 16.4. The minimum absolute atomic E-state index is 0.216. The van der Waals surface area contributed by atoms with Crippen LogP contribution in [0.4, 0.5) is 0 Å². The first kappa shape index (κ1) is 9.43. The van der Waals surface area contributed by atoms with Gasteiger partial charge in [0.15, 0.2) is 0 Å². The van der Waals surface area contributed by atoms with Crippen LogP contribution in [0.1, 0.15) is 26.2 Å². The summed E-state index contributed by atoms with van der Waals surface area (Å²) >= 11 is 0. The summed E-state index contributed by atoms with van der Waals surface area (Å²) in [6.07, 6.45) is 2.59. The van der Waals surface area contributed by atoms with E-state index in [9.17, 15) is 4.79 Å². The van der Waals surface area contributed by atoms with Crippen molar-refractivity contribution < 1.29 is 9.90 Å². The van der Waals surface area contributed by atoms with Gasteiger partial charge >= 0.3 is 5.97 Å². The van der Waals surface area contributed by atoms with Gasteiger partial charge < -0.3 is 10.8 Å². The number of rotatable bonds is 5. The molecule has 0 aliphatic rings. The van der Waals surface area contributed by atoms with E-state index in [-0.39, 0.29) is 5.92 Å². The van der Waals surface area contributed by atoms with Gasteiger partial charge in [0.2, 0.25) is 0 Å². The van der Waals surface area contributed by atoms with Crippen LogP contribution < -0.4 is 5.73 Å². The molecule has 0 saturated heterocycles. The zero-order chi connectivity index (χ0) is 7.98. The monoisotopic (exact) mass is 145 g/mol. The standard InChI is InChI=1S/C7H15NO2/c1-6(7(9)10)4-2-3-5-8/h6H,2-5,8H2,1H3,(H,9,10). The summed E-state index contributed by atoms with van der Waals surface area (Å²) in [6.45, 7) is 2.38. The maximum Gasteiger partial charge on any atom is 0.306 e. The normalized spacial score (nSPS) is 13.0. The van der Waals surface area contributed by atoms with Crippen LogP contribution in [-0.2, 0) is 4.79 Å². The molecule has 0 spiro atoms. The SMILES string of the molecule is CC(CCCCN)C(=O)O. The van der Waals surface area contributed by atoms with E-state index in [1.165, 1.54) is 0 Å². The van der Waals surface area contributed by atoms with E-state index >= 15 is 0 Å². The fourth-order valence-corrected chi connectivity index (χ4v) is 0.718. The molecule has 0 radical (unpaired) electrons. The first-order valence-electron chi connectivity index (χ1n) is 3.61. The summed E-state index contributed by atoms with van der Waals surface area (Å²) in [5.41, 5.74) is 5.24. The molecule has 0 aromatic heterocycles. The smallest absolute Gasteiger partial charge is 0.306 e. The lowest BCUT2D eigenvalue weighted by molar-refractivity contribution is -0.141. The molecule has 0 saturated carbocycles. The molecule has 0 aliphatic heterocycles. The molecule has 0 aromatic carbocycles. The topological polar surface area (TPSA) is 63.3 Å². The van der Waals surface area contributed by atoms with Crippen LogP contribution in [0.15, 0.2) is 0 Å². The van der Waals surface area contributed by atoms with Crippen molar-refractivity contribution in [3.63, 3.8) is 0 Å². The average Bonchev–Trinajstić information content (AvgIpc) is 1.88. The second kappa shape index (κ2) is 5.23. The molecule has 3 N–H and O–H groups in total. The molecule has 0 amide bonds. The fourth-order valence-electron chi connectivity index (χ4n) is 0.718. The quantitative estimate of drug-likeness (QED) is 0.563. The van der Waals surface area contributed by atoms with Crippen molar-refractivity contribution in [2.24, 2.45) is 11.7 Å². The summed E-state index contributed by atoms with van der Waals surface area (Å²) in [6, 6.07) is 0. The molecule has 3 nitrogen and oxygen atoms in total. The Labute approximate surface area is 61.2 Å². The van der Waals surface area contributed by atoms with E-state index in [2.05, 4.69) is 0 Å². The van der Waals surface area contributed by atoms with Crippen LogP contribution in [0.25, 0.3) is 0 Å². The molecule has 1 unspecified atom stereocenters. The molecule has 10 heavy (non-hydrogen) atoms. The van der Waals surface area contributed by atoms with Crippen molar-refractivity contribution in [2.45, 2.75) is 26.2 Å². The third-order valence-corrected chi connectivity index (χ3v) is 1.51. The van der Waals surface area contributed by atoms with Gasteiger partial charge in [-0.1, -0.05) is 13.3 Å². The molecule has 0 aliphatic carbocycles. The first-order valence-corrected chi connectivity index (χ1v) is 3.61. The maximum atomic E-state index is 10.3. The third-order valence-electron chi connectivity index (χ3n) is 1.51. The molecule has 3 heteroatoms. The molecule has 0 heterocycles. The van der Waals surface area contributed by atoms with Gasteiger partial charge in [0.25, 0.3) is 0 Å². The van der Waals surface area contributed by atoms with Crippen molar-refractivity contribution in [1.82, 2.24) is 0 Å². The number of aliphatic carboxylic acids is 1. The molecule has 0 aromatic rings. The highest BCUT2D eigenvalue weighted by molar-refractivity contribution is 5.69. The van der Waals surface area contributed by atoms with Crippen LogP contribution in [-0.4, -0.2) is 17.6 Å². The van der Waals surface area contributed by atoms with Crippen molar-refractivity contribution in [1.29, 1.82) is 0 Å². The van der Waals surface area contributed by atoms with Gasteiger partial charge in [0.1, 0.15) is 0 Å². The third kappa shape index (κ3) is 4.32. The Hall–Kier alpha value is -0.570. The number of carboxylic acids is 1. The second-order valence-electron chi connectivity index (χ2n) is 2.52. The Balaban J connectivity index is 3.21. The highest BCUT2D eigenvalue weighted by Crippen LogP contribution is 2.06. The average molecular weight is 145 g/mol. The zero-order valence-corrected chi connectivity index (χ0v) is 6.34. The lowest BCUT2D eigenvalue weighted by Crippen LogP contribution is -2.09. The molecule has 0 fully saturated rings. The summed E-state index contributed by atoms with van der Waals surface area (Å²) in [7, 11) is 0. The highest BCUT2D eigenvalue weighted by Gasteiger charge is 2.08. The fraction of sp³-hybridized carbons (Fsp3) is 0.857. The van der Waals surface area contributed by atoms with Crippen LogP contribution in [0, 0.1) is 5.92 Å². The number of nitrogens with two attached hydrogens (primary N) is 1. The lowest BCUT2D eigenvalue weighted by atomic mass is 10.1. The summed E-state index contributed by atoms with van der Waals surface area (Å²) in [5.74, 6) is -0.927. The van der Waals surface area contributed by atoms with Crippen LogP contribution in [0.3, 0.4) is 0 Å². The predicted molar refractivity (Wildman–Crippen MR) is 39.7 cm³/mol. The van der Waals surface area contributed by atoms with Crippen molar-refractivity contribution in [3.05, 3.63) is 0 Å². The minimum atomic E-state index is -0.711. The minimum Gasteiger partial charge on any atom is -0.481 e. The Bertz CT molecular complexity index is 104. The van der Waals surface area contributed by atoms with Crippen molar-refractivity contribution in [3.8, 4) is 0 Å². The molecule has 60 valence electrons. The van der Waals surface area contributed by atoms with Gasteiger partial charge in [0.05, 0.1) is 5.92 Å². The van der Waals surface area contributed by atoms with Crippen molar-refractivity contribution >= 4 is 5.97 Å². The van der Waals surface area contributed by atoms with Gasteiger partial charge in [-0.2, -0.15) is 0 Å². The number of unbranched alkanes of at least 4 members (excludes halogenated alkanes) is 1. The first-order chi connectivity index (χ1) is 4.68. The Morgan fingerprint density at radius 3 is 2.60 bits per heavy atom. The molecule has 0 rings (SSSR count). The second-order valence-corrected chi connectivity index (χ2v) is 2.52. The molecular weight excluding hydrogens is 130 g/mol. The molecule has 0 bridgehead atoms. The van der Waals surface area contributed by atoms with Gasteiger partial charge in [0, 0.05) is 0 Å². The molecular formula is C7H15NO2. The van der Waals surface area contributed by atoms with E-state index in [0.717, 1.165) is 19.3 Å². The maximum absolute atomic E-state index is 10.3. The van der Waals surface area contributed by atoms with Gasteiger partial charge in [-0.3, -0.25) is 4.79 Å². The van der Waals surface area contributed by atoms with Crippen LogP contribution >= 0.6 is 0 Å². The number of carboxylic acid groups (broad SMARTS) is 1. The summed E-state index contributed by atoms with van der Waals surface area (Å²) in [4.78, 5) is 10.3. The van der Waals surface area contributed by atoms with E-state index in [0.29, 0.717) is 6.54 Å². The zero-order valence-electron chi connectivity index (χ0n) is 6.34. The summed E-state index contributed by atoms with van der Waals surface area (Å²) < 4.78 is 0. The number of hydrogen-bond donors (Lipinski definition) is 2. The number of hydrogen-bond acceptors (Lipinski definition) is 2. The van der Waals surface area contributed by atoms with Gasteiger partial charge in [-0.05, 0) is 19.4 Å². The van der Waals surface area contributed by atoms with Crippen LogP contribution in [0.2, 0.25) is 0 Å². The Kier molecular flexibility index (Phi) is 4.94. The van der Waals surface area contributed by atoms with Gasteiger partial charge in [-0.15, -0.1) is 0 Å². The summed E-state index contributed by atoms with van der Waals surface area (Å²) in [5, 5.41) is 8.45. The lowest BCUT2D eigenvalue weighted by Gasteiger charge is -2.03. The molecule has 1 atom stereocenters. The predicted octanol–water partition coefficient (Wildman–Crippen LogP) is 0.836. The Morgan fingerprint density at radius 2 is 2.20 bits per heavy atom. The van der Waals surface area contributed by atoms with Gasteiger partial charge in [-0.25, -0.2) is 0 Å². The van der Waals surface area contributed by atoms with E-state index in [4.69, 9.17) is 10.8 Å². The number of carbonyl (C=O) groups is 1. The van der Waals surface area contributed by atoms with E-state index < -0.39 is 5.97 Å².